The largest absolute Gasteiger partial charge is 0.478 e. The molecule has 130 valence electrons. The summed E-state index contributed by atoms with van der Waals surface area (Å²) in [6, 6.07) is 0. The molecule has 0 spiro atoms. The Morgan fingerprint density at radius 3 is 2.75 bits per heavy atom. The third kappa shape index (κ3) is 2.18. The Hall–Kier alpha value is -1.58. The van der Waals surface area contributed by atoms with Crippen LogP contribution in [-0.2, 0) is 9.59 Å². The van der Waals surface area contributed by atoms with Crippen molar-refractivity contribution in [3.63, 3.8) is 0 Å². The molecule has 1 heterocycles. The highest BCUT2D eigenvalue weighted by Gasteiger charge is 2.55. The standard InChI is InChI=1S/C20H27NO3/c1-19-9-7-12(18(23)24)11-13(19)3-4-14-15(19)8-10-20(2)16(14)5-6-17(22)21-20/h3,11,14-16H,4-10H2,1-2H3,(H,21,22)(H,23,24)/t14-,15+,16+,19+,20+/m1/s1. The van der Waals surface area contributed by atoms with Gasteiger partial charge in [0.15, 0.2) is 0 Å². The lowest BCUT2D eigenvalue weighted by molar-refractivity contribution is -0.133. The molecule has 4 nitrogen and oxygen atoms in total. The predicted octanol–water partition coefficient (Wildman–Crippen LogP) is 3.44. The van der Waals surface area contributed by atoms with Gasteiger partial charge in [-0.15, -0.1) is 0 Å². The Bertz CT molecular complexity index is 664. The number of fused-ring (bicyclic) bond motifs is 5. The molecule has 0 bridgehead atoms. The van der Waals surface area contributed by atoms with Gasteiger partial charge in [-0.2, -0.15) is 0 Å². The monoisotopic (exact) mass is 329 g/mol. The van der Waals surface area contributed by atoms with Crippen LogP contribution in [0.2, 0.25) is 0 Å². The van der Waals surface area contributed by atoms with E-state index in [1.807, 2.05) is 6.08 Å². The minimum Gasteiger partial charge on any atom is -0.478 e. The van der Waals surface area contributed by atoms with Gasteiger partial charge in [0.2, 0.25) is 5.91 Å². The van der Waals surface area contributed by atoms with Crippen LogP contribution in [0.4, 0.5) is 0 Å². The molecule has 0 aromatic rings. The topological polar surface area (TPSA) is 66.4 Å². The Morgan fingerprint density at radius 1 is 1.21 bits per heavy atom. The highest BCUT2D eigenvalue weighted by molar-refractivity contribution is 5.87. The first-order valence-electron chi connectivity index (χ1n) is 9.29. The number of carboxylic acids is 1. The summed E-state index contributed by atoms with van der Waals surface area (Å²) in [7, 11) is 0. The fourth-order valence-electron chi connectivity index (χ4n) is 6.17. The van der Waals surface area contributed by atoms with Crippen LogP contribution in [0.3, 0.4) is 0 Å². The molecule has 2 N–H and O–H groups in total. The van der Waals surface area contributed by atoms with Crippen molar-refractivity contribution in [2.45, 2.75) is 64.3 Å². The summed E-state index contributed by atoms with van der Waals surface area (Å²) >= 11 is 0. The second-order valence-electron chi connectivity index (χ2n) is 8.71. The second kappa shape index (κ2) is 5.21. The maximum absolute atomic E-state index is 11.9. The van der Waals surface area contributed by atoms with E-state index in [1.165, 1.54) is 5.57 Å². The molecule has 0 radical (unpaired) electrons. The molecular formula is C20H27NO3. The van der Waals surface area contributed by atoms with Crippen LogP contribution >= 0.6 is 0 Å². The van der Waals surface area contributed by atoms with Crippen molar-refractivity contribution < 1.29 is 14.7 Å². The third-order valence-corrected chi connectivity index (χ3v) is 7.54. The molecule has 1 amide bonds. The first kappa shape index (κ1) is 15.9. The number of carboxylic acid groups (broad SMARTS) is 1. The van der Waals surface area contributed by atoms with Gasteiger partial charge >= 0.3 is 5.97 Å². The maximum atomic E-state index is 11.9. The quantitative estimate of drug-likeness (QED) is 0.774. The van der Waals surface area contributed by atoms with Crippen molar-refractivity contribution in [2.75, 3.05) is 0 Å². The SMILES string of the molecule is C[C@]12CCC(C(=O)O)=CC1=CC[C@@H]1[C@@H]2CC[C@]2(C)NC(=O)CC[C@@H]12. The molecular weight excluding hydrogens is 302 g/mol. The molecule has 4 heteroatoms. The molecule has 4 rings (SSSR count). The zero-order chi connectivity index (χ0) is 17.1. The number of carbonyl (C=O) groups is 2. The van der Waals surface area contributed by atoms with E-state index in [2.05, 4.69) is 25.2 Å². The lowest BCUT2D eigenvalue weighted by Crippen LogP contribution is -2.62. The fraction of sp³-hybridized carbons (Fsp3) is 0.700. The summed E-state index contributed by atoms with van der Waals surface area (Å²) in [5, 5.41) is 12.6. The molecule has 3 aliphatic carbocycles. The fourth-order valence-corrected chi connectivity index (χ4v) is 6.17. The number of aliphatic carboxylic acids is 1. The van der Waals surface area contributed by atoms with E-state index < -0.39 is 5.97 Å². The van der Waals surface area contributed by atoms with E-state index in [4.69, 9.17) is 0 Å². The van der Waals surface area contributed by atoms with Crippen LogP contribution in [0.25, 0.3) is 0 Å². The van der Waals surface area contributed by atoms with Gasteiger partial charge in [-0.05, 0) is 80.3 Å². The Morgan fingerprint density at radius 2 is 2.00 bits per heavy atom. The second-order valence-corrected chi connectivity index (χ2v) is 8.71. The van der Waals surface area contributed by atoms with E-state index in [9.17, 15) is 14.7 Å². The minimum absolute atomic E-state index is 0.0467. The van der Waals surface area contributed by atoms with E-state index >= 15 is 0 Å². The normalized spacial score (nSPS) is 44.2. The van der Waals surface area contributed by atoms with Gasteiger partial charge in [-0.1, -0.05) is 13.0 Å². The van der Waals surface area contributed by atoms with Crippen LogP contribution in [-0.4, -0.2) is 22.5 Å². The van der Waals surface area contributed by atoms with Gasteiger partial charge < -0.3 is 10.4 Å². The Balaban J connectivity index is 1.68. The molecule has 1 saturated heterocycles. The summed E-state index contributed by atoms with van der Waals surface area (Å²) in [5.74, 6) is 1.20. The van der Waals surface area contributed by atoms with Crippen molar-refractivity contribution in [2.24, 2.45) is 23.2 Å². The number of rotatable bonds is 1. The van der Waals surface area contributed by atoms with Crippen LogP contribution in [0, 0.1) is 23.2 Å². The van der Waals surface area contributed by atoms with Crippen molar-refractivity contribution >= 4 is 11.9 Å². The Labute approximate surface area is 143 Å². The zero-order valence-electron chi connectivity index (χ0n) is 14.6. The number of amides is 1. The highest BCUT2D eigenvalue weighted by Crippen LogP contribution is 2.60. The van der Waals surface area contributed by atoms with Crippen molar-refractivity contribution in [3.8, 4) is 0 Å². The highest BCUT2D eigenvalue weighted by atomic mass is 16.4. The lowest BCUT2D eigenvalue weighted by atomic mass is 9.48. The van der Waals surface area contributed by atoms with Crippen molar-refractivity contribution in [3.05, 3.63) is 23.3 Å². The molecule has 1 saturated carbocycles. The zero-order valence-corrected chi connectivity index (χ0v) is 14.6. The molecule has 0 aromatic carbocycles. The molecule has 4 aliphatic rings. The first-order chi connectivity index (χ1) is 11.3. The molecule has 24 heavy (non-hydrogen) atoms. The summed E-state index contributed by atoms with van der Waals surface area (Å²) in [5.41, 5.74) is 1.86. The van der Waals surface area contributed by atoms with Crippen molar-refractivity contribution in [1.82, 2.24) is 5.32 Å². The number of nitrogens with one attached hydrogen (secondary N) is 1. The van der Waals surface area contributed by atoms with Gasteiger partial charge in [-0.25, -0.2) is 4.79 Å². The molecule has 1 aliphatic heterocycles. The lowest BCUT2D eigenvalue weighted by Gasteiger charge is -2.59. The average Bonchev–Trinajstić information content (AvgIpc) is 2.52. The molecule has 0 unspecified atom stereocenters. The van der Waals surface area contributed by atoms with Crippen LogP contribution in [0.5, 0.6) is 0 Å². The van der Waals surface area contributed by atoms with Crippen molar-refractivity contribution in [1.29, 1.82) is 0 Å². The van der Waals surface area contributed by atoms with Gasteiger partial charge in [0.1, 0.15) is 0 Å². The smallest absolute Gasteiger partial charge is 0.331 e. The van der Waals surface area contributed by atoms with E-state index in [0.717, 1.165) is 32.1 Å². The van der Waals surface area contributed by atoms with Crippen LogP contribution in [0.1, 0.15) is 58.8 Å². The number of hydrogen-bond donors (Lipinski definition) is 2. The maximum Gasteiger partial charge on any atom is 0.331 e. The number of hydrogen-bond acceptors (Lipinski definition) is 2. The van der Waals surface area contributed by atoms with Gasteiger partial charge in [0.25, 0.3) is 0 Å². The minimum atomic E-state index is -0.772. The number of piperidine rings is 1. The van der Waals surface area contributed by atoms with Gasteiger partial charge in [-0.3, -0.25) is 4.79 Å². The number of carbonyl (C=O) groups excluding carboxylic acids is 1. The molecule has 0 aromatic heterocycles. The Kier molecular flexibility index (Phi) is 3.45. The van der Waals surface area contributed by atoms with E-state index in [0.29, 0.717) is 36.2 Å². The predicted molar refractivity (Wildman–Crippen MR) is 91.2 cm³/mol. The molecule has 5 atom stereocenters. The van der Waals surface area contributed by atoms with Gasteiger partial charge in [0.05, 0.1) is 0 Å². The molecule has 2 fully saturated rings. The summed E-state index contributed by atoms with van der Waals surface area (Å²) in [4.78, 5) is 23.2. The van der Waals surface area contributed by atoms with E-state index in [-0.39, 0.29) is 16.9 Å². The van der Waals surface area contributed by atoms with Crippen LogP contribution < -0.4 is 5.32 Å². The van der Waals surface area contributed by atoms with E-state index in [1.54, 1.807) is 0 Å². The third-order valence-electron chi connectivity index (χ3n) is 7.54. The summed E-state index contributed by atoms with van der Waals surface area (Å²) < 4.78 is 0. The summed E-state index contributed by atoms with van der Waals surface area (Å²) in [6.45, 7) is 4.57. The average molecular weight is 329 g/mol. The first-order valence-corrected chi connectivity index (χ1v) is 9.29. The summed E-state index contributed by atoms with van der Waals surface area (Å²) in [6.07, 6.45) is 10.7. The van der Waals surface area contributed by atoms with Crippen LogP contribution in [0.15, 0.2) is 23.3 Å². The number of allylic oxidation sites excluding steroid dienone is 3. The van der Waals surface area contributed by atoms with Gasteiger partial charge in [0, 0.05) is 17.5 Å².